The summed E-state index contributed by atoms with van der Waals surface area (Å²) in [5, 5.41) is 0.892. The number of benzene rings is 1. The molecule has 1 aliphatic heterocycles. The molecule has 0 saturated carbocycles. The predicted molar refractivity (Wildman–Crippen MR) is 61.9 cm³/mol. The van der Waals surface area contributed by atoms with Gasteiger partial charge >= 0.3 is 0 Å². The van der Waals surface area contributed by atoms with E-state index in [1.807, 2.05) is 6.07 Å². The molecule has 3 heteroatoms. The number of ether oxygens (including phenoxy) is 1. The minimum absolute atomic E-state index is 0.157. The maximum absolute atomic E-state index is 13.0. The molecular weight excluding hydrogens is 259 g/mol. The van der Waals surface area contributed by atoms with E-state index in [1.54, 1.807) is 12.1 Å². The van der Waals surface area contributed by atoms with Crippen molar-refractivity contribution in [3.63, 3.8) is 0 Å². The quantitative estimate of drug-likeness (QED) is 0.749. The van der Waals surface area contributed by atoms with Gasteiger partial charge in [0, 0.05) is 11.2 Å². The fraction of sp³-hybridized carbons (Fsp3) is 0.500. The molecule has 1 aromatic carbocycles. The topological polar surface area (TPSA) is 9.23 Å². The zero-order valence-corrected chi connectivity index (χ0v) is 10.0. The first kappa shape index (κ1) is 11.1. The van der Waals surface area contributed by atoms with E-state index >= 15 is 0 Å². The Kier molecular flexibility index (Phi) is 3.76. The Bertz CT molecular complexity index is 321. The normalized spacial score (nSPS) is 26.5. The minimum atomic E-state index is -0.157. The molecule has 2 atom stereocenters. The number of halogens is 2. The zero-order chi connectivity index (χ0) is 10.7. The standard InChI is InChI=1S/C12H14BrFO/c13-7-12-5-4-10(8-15-12)9-2-1-3-11(14)6-9/h1-3,6,10,12H,4-5,7-8H2/t10-,12-/m0/s1. The number of hydrogen-bond donors (Lipinski definition) is 0. The van der Waals surface area contributed by atoms with Crippen LogP contribution in [0.3, 0.4) is 0 Å². The first-order valence-electron chi connectivity index (χ1n) is 5.22. The van der Waals surface area contributed by atoms with E-state index in [1.165, 1.54) is 6.07 Å². The van der Waals surface area contributed by atoms with Crippen molar-refractivity contribution >= 4 is 15.9 Å². The van der Waals surface area contributed by atoms with Crippen molar-refractivity contribution in [1.29, 1.82) is 0 Å². The largest absolute Gasteiger partial charge is 0.377 e. The summed E-state index contributed by atoms with van der Waals surface area (Å²) in [6.45, 7) is 0.708. The highest BCUT2D eigenvalue weighted by molar-refractivity contribution is 9.09. The molecule has 1 fully saturated rings. The van der Waals surface area contributed by atoms with Crippen LogP contribution in [0.1, 0.15) is 24.3 Å². The van der Waals surface area contributed by atoms with Gasteiger partial charge in [-0.25, -0.2) is 4.39 Å². The van der Waals surface area contributed by atoms with Crippen LogP contribution in [0.15, 0.2) is 24.3 Å². The lowest BCUT2D eigenvalue weighted by atomic mass is 9.92. The molecule has 1 aromatic rings. The molecule has 0 bridgehead atoms. The Labute approximate surface area is 97.8 Å². The van der Waals surface area contributed by atoms with Crippen LogP contribution in [-0.4, -0.2) is 18.0 Å². The van der Waals surface area contributed by atoms with E-state index < -0.39 is 0 Å². The summed E-state index contributed by atoms with van der Waals surface area (Å²) in [5.41, 5.74) is 1.06. The molecule has 0 aliphatic carbocycles. The molecule has 1 nitrogen and oxygen atoms in total. The summed E-state index contributed by atoms with van der Waals surface area (Å²) in [4.78, 5) is 0. The maximum Gasteiger partial charge on any atom is 0.123 e. The van der Waals surface area contributed by atoms with Crippen LogP contribution in [0.5, 0.6) is 0 Å². The fourth-order valence-electron chi connectivity index (χ4n) is 1.95. The summed E-state index contributed by atoms with van der Waals surface area (Å²) >= 11 is 3.41. The average Bonchev–Trinajstić information content (AvgIpc) is 2.29. The van der Waals surface area contributed by atoms with E-state index in [-0.39, 0.29) is 5.82 Å². The van der Waals surface area contributed by atoms with Gasteiger partial charge in [0.1, 0.15) is 5.82 Å². The highest BCUT2D eigenvalue weighted by Gasteiger charge is 2.22. The van der Waals surface area contributed by atoms with E-state index in [4.69, 9.17) is 4.74 Å². The Morgan fingerprint density at radius 3 is 2.87 bits per heavy atom. The van der Waals surface area contributed by atoms with Crippen molar-refractivity contribution < 1.29 is 9.13 Å². The Morgan fingerprint density at radius 2 is 2.27 bits per heavy atom. The number of rotatable bonds is 2. The summed E-state index contributed by atoms with van der Waals surface area (Å²) < 4.78 is 18.7. The van der Waals surface area contributed by atoms with Gasteiger partial charge in [-0.15, -0.1) is 0 Å². The molecule has 1 aliphatic rings. The fourth-order valence-corrected chi connectivity index (χ4v) is 2.46. The molecule has 0 amide bonds. The smallest absolute Gasteiger partial charge is 0.123 e. The van der Waals surface area contributed by atoms with Gasteiger partial charge in [0.25, 0.3) is 0 Å². The zero-order valence-electron chi connectivity index (χ0n) is 8.46. The third kappa shape index (κ3) is 2.79. The third-order valence-corrected chi connectivity index (χ3v) is 3.58. The molecular formula is C12H14BrFO. The lowest BCUT2D eigenvalue weighted by Crippen LogP contribution is -2.25. The average molecular weight is 273 g/mol. The second-order valence-corrected chi connectivity index (χ2v) is 4.59. The molecule has 1 heterocycles. The molecule has 0 aromatic heterocycles. The Hall–Kier alpha value is -0.410. The summed E-state index contributed by atoms with van der Waals surface area (Å²) in [6.07, 6.45) is 2.46. The van der Waals surface area contributed by atoms with Crippen molar-refractivity contribution in [2.24, 2.45) is 0 Å². The lowest BCUT2D eigenvalue weighted by molar-refractivity contribution is 0.0190. The molecule has 0 unspecified atom stereocenters. The summed E-state index contributed by atoms with van der Waals surface area (Å²) in [6, 6.07) is 6.84. The molecule has 2 rings (SSSR count). The van der Waals surface area contributed by atoms with Gasteiger partial charge in [0.2, 0.25) is 0 Å². The molecule has 82 valence electrons. The Balaban J connectivity index is 2.01. The summed E-state index contributed by atoms with van der Waals surface area (Å²) in [7, 11) is 0. The van der Waals surface area contributed by atoms with Gasteiger partial charge in [0.15, 0.2) is 0 Å². The highest BCUT2D eigenvalue weighted by Crippen LogP contribution is 2.28. The van der Waals surface area contributed by atoms with Crippen LogP contribution in [0.25, 0.3) is 0 Å². The van der Waals surface area contributed by atoms with Crippen molar-refractivity contribution in [2.45, 2.75) is 24.9 Å². The van der Waals surface area contributed by atoms with E-state index in [2.05, 4.69) is 15.9 Å². The molecule has 0 spiro atoms. The van der Waals surface area contributed by atoms with Gasteiger partial charge in [-0.3, -0.25) is 0 Å². The van der Waals surface area contributed by atoms with E-state index in [0.717, 1.165) is 23.7 Å². The van der Waals surface area contributed by atoms with Gasteiger partial charge in [-0.2, -0.15) is 0 Å². The molecule has 0 N–H and O–H groups in total. The minimum Gasteiger partial charge on any atom is -0.377 e. The van der Waals surface area contributed by atoms with Crippen molar-refractivity contribution in [3.05, 3.63) is 35.6 Å². The van der Waals surface area contributed by atoms with Crippen LogP contribution in [0.4, 0.5) is 4.39 Å². The lowest BCUT2D eigenvalue weighted by Gasteiger charge is -2.28. The van der Waals surface area contributed by atoms with Crippen LogP contribution in [0.2, 0.25) is 0 Å². The molecule has 0 radical (unpaired) electrons. The summed E-state index contributed by atoms with van der Waals surface area (Å²) in [5.74, 6) is 0.200. The number of alkyl halides is 1. The second kappa shape index (κ2) is 5.08. The van der Waals surface area contributed by atoms with Crippen molar-refractivity contribution in [2.75, 3.05) is 11.9 Å². The Morgan fingerprint density at radius 1 is 1.40 bits per heavy atom. The first-order valence-corrected chi connectivity index (χ1v) is 6.35. The van der Waals surface area contributed by atoms with Gasteiger partial charge in [0.05, 0.1) is 12.7 Å². The van der Waals surface area contributed by atoms with Crippen LogP contribution in [0, 0.1) is 5.82 Å². The van der Waals surface area contributed by atoms with Crippen LogP contribution < -0.4 is 0 Å². The van der Waals surface area contributed by atoms with E-state index in [9.17, 15) is 4.39 Å². The molecule has 15 heavy (non-hydrogen) atoms. The monoisotopic (exact) mass is 272 g/mol. The van der Waals surface area contributed by atoms with Crippen molar-refractivity contribution in [1.82, 2.24) is 0 Å². The van der Waals surface area contributed by atoms with Gasteiger partial charge in [-0.05, 0) is 30.5 Å². The second-order valence-electron chi connectivity index (χ2n) is 3.94. The molecule has 1 saturated heterocycles. The maximum atomic E-state index is 13.0. The number of hydrogen-bond acceptors (Lipinski definition) is 1. The van der Waals surface area contributed by atoms with Gasteiger partial charge in [-0.1, -0.05) is 28.1 Å². The third-order valence-electron chi connectivity index (χ3n) is 2.86. The first-order chi connectivity index (χ1) is 7.29. The SMILES string of the molecule is Fc1cccc([C@H]2CC[C@@H](CBr)OC2)c1. The van der Waals surface area contributed by atoms with E-state index in [0.29, 0.717) is 18.6 Å². The van der Waals surface area contributed by atoms with Crippen molar-refractivity contribution in [3.8, 4) is 0 Å². The van der Waals surface area contributed by atoms with Crippen LogP contribution >= 0.6 is 15.9 Å². The van der Waals surface area contributed by atoms with Gasteiger partial charge < -0.3 is 4.74 Å². The predicted octanol–water partition coefficient (Wildman–Crippen LogP) is 3.48. The highest BCUT2D eigenvalue weighted by atomic mass is 79.9. The van der Waals surface area contributed by atoms with Crippen LogP contribution in [-0.2, 0) is 4.74 Å².